The number of rotatable bonds is 4. The summed E-state index contributed by atoms with van der Waals surface area (Å²) in [6.45, 7) is 3.12. The number of carboxylic acids is 1. The predicted octanol–water partition coefficient (Wildman–Crippen LogP) is -0.0908. The van der Waals surface area contributed by atoms with Crippen LogP contribution in [0.3, 0.4) is 0 Å². The Morgan fingerprint density at radius 2 is 2.16 bits per heavy atom. The number of tetrazole rings is 1. The van der Waals surface area contributed by atoms with Crippen molar-refractivity contribution < 1.29 is 19.8 Å². The van der Waals surface area contributed by atoms with E-state index in [1.165, 1.54) is 9.53 Å². The third-order valence-corrected chi connectivity index (χ3v) is 5.39. The van der Waals surface area contributed by atoms with E-state index >= 15 is 0 Å². The van der Waals surface area contributed by atoms with E-state index in [0.29, 0.717) is 22.0 Å². The van der Waals surface area contributed by atoms with Crippen LogP contribution in [0.2, 0.25) is 0 Å². The summed E-state index contributed by atoms with van der Waals surface area (Å²) >= 11 is 1.16. The zero-order chi connectivity index (χ0) is 17.9. The Kier molecular flexibility index (Phi) is 3.34. The van der Waals surface area contributed by atoms with Gasteiger partial charge in [-0.15, -0.1) is 14.8 Å². The molecule has 11 heteroatoms. The van der Waals surface area contributed by atoms with Crippen LogP contribution in [0.4, 0.5) is 0 Å². The fourth-order valence-electron chi connectivity index (χ4n) is 3.35. The zero-order valence-corrected chi connectivity index (χ0v) is 14.1. The van der Waals surface area contributed by atoms with Crippen LogP contribution >= 0.6 is 11.8 Å². The van der Waals surface area contributed by atoms with Crippen molar-refractivity contribution in [2.75, 3.05) is 0 Å². The Labute approximate surface area is 145 Å². The minimum atomic E-state index is -1.20. The van der Waals surface area contributed by atoms with Gasteiger partial charge in [0.25, 0.3) is 0 Å². The first-order valence-corrected chi connectivity index (χ1v) is 8.34. The summed E-state index contributed by atoms with van der Waals surface area (Å²) in [5.74, 6) is -2.15. The molecule has 2 aliphatic rings. The molecule has 0 aliphatic carbocycles. The van der Waals surface area contributed by atoms with Crippen LogP contribution in [0.1, 0.15) is 20.3 Å². The van der Waals surface area contributed by atoms with Gasteiger partial charge in [0, 0.05) is 11.3 Å². The molecule has 0 aromatic carbocycles. The van der Waals surface area contributed by atoms with Crippen LogP contribution in [0.25, 0.3) is 5.65 Å². The molecule has 0 unspecified atom stereocenters. The number of carbonyl (C=O) groups is 2. The summed E-state index contributed by atoms with van der Waals surface area (Å²) < 4.78 is 1.25. The number of nitrogens with zero attached hydrogens (tertiary/aromatic N) is 6. The highest BCUT2D eigenvalue weighted by Crippen LogP contribution is 2.50. The lowest BCUT2D eigenvalue weighted by Gasteiger charge is -2.48. The fraction of sp³-hybridized carbons (Fsp3) is 0.429. The van der Waals surface area contributed by atoms with Gasteiger partial charge in [0.1, 0.15) is 10.7 Å². The van der Waals surface area contributed by atoms with Crippen LogP contribution in [-0.4, -0.2) is 63.9 Å². The standard InChI is InChI=1S/C14H14N6O4S/c1-14(2,24)10-6-5-7(11(13(22)23)19(6)12(10)21)25-9-4-3-8-15-17-18-20(8)16-9/h3-4,6,10,24H,5H2,1-2H3,(H,22,23)/t6-,10+/m1/s1. The van der Waals surface area contributed by atoms with Crippen LogP contribution in [-0.2, 0) is 9.59 Å². The Morgan fingerprint density at radius 3 is 2.84 bits per heavy atom. The third-order valence-electron chi connectivity index (χ3n) is 4.36. The van der Waals surface area contributed by atoms with E-state index in [4.69, 9.17) is 0 Å². The molecular weight excluding hydrogens is 348 g/mol. The monoisotopic (exact) mass is 362 g/mol. The highest BCUT2D eigenvalue weighted by Gasteiger charge is 2.59. The third kappa shape index (κ3) is 2.38. The smallest absolute Gasteiger partial charge is 0.353 e. The van der Waals surface area contributed by atoms with Crippen molar-refractivity contribution >= 4 is 29.3 Å². The average Bonchev–Trinajstić information content (AvgIpc) is 3.08. The van der Waals surface area contributed by atoms with E-state index in [1.54, 1.807) is 26.0 Å². The number of carbonyl (C=O) groups excluding carboxylic acids is 1. The molecule has 10 nitrogen and oxygen atoms in total. The second kappa shape index (κ2) is 5.23. The van der Waals surface area contributed by atoms with E-state index in [1.807, 2.05) is 0 Å². The number of amides is 1. The number of hydrogen-bond donors (Lipinski definition) is 2. The van der Waals surface area contributed by atoms with Crippen molar-refractivity contribution in [1.29, 1.82) is 0 Å². The van der Waals surface area contributed by atoms with Gasteiger partial charge in [-0.3, -0.25) is 4.79 Å². The molecule has 130 valence electrons. The van der Waals surface area contributed by atoms with Gasteiger partial charge in [0.15, 0.2) is 5.65 Å². The fourth-order valence-corrected chi connectivity index (χ4v) is 4.39. The van der Waals surface area contributed by atoms with Crippen molar-refractivity contribution in [3.63, 3.8) is 0 Å². The SMILES string of the molecule is CC(C)(O)[C@@H]1C(=O)N2C(C(=O)O)=C(Sc3ccc4nnnn4n3)C[C@H]12. The minimum Gasteiger partial charge on any atom is -0.477 e. The van der Waals surface area contributed by atoms with Crippen LogP contribution < -0.4 is 0 Å². The summed E-state index contributed by atoms with van der Waals surface area (Å²) in [5.41, 5.74) is -0.769. The largest absolute Gasteiger partial charge is 0.477 e. The molecule has 0 saturated carbocycles. The van der Waals surface area contributed by atoms with Gasteiger partial charge < -0.3 is 15.1 Å². The maximum Gasteiger partial charge on any atom is 0.353 e. The van der Waals surface area contributed by atoms with Gasteiger partial charge in [-0.1, -0.05) is 11.8 Å². The molecule has 2 atom stereocenters. The molecule has 4 heterocycles. The number of carboxylic acid groups (broad SMARTS) is 1. The summed E-state index contributed by atoms with van der Waals surface area (Å²) in [6.07, 6.45) is 0.363. The normalized spacial score (nSPS) is 23.2. The van der Waals surface area contributed by atoms with Gasteiger partial charge in [0.05, 0.1) is 17.6 Å². The van der Waals surface area contributed by atoms with Gasteiger partial charge in [0.2, 0.25) is 5.91 Å². The molecule has 25 heavy (non-hydrogen) atoms. The maximum absolute atomic E-state index is 12.4. The minimum absolute atomic E-state index is 0.0425. The lowest BCUT2D eigenvalue weighted by atomic mass is 9.76. The zero-order valence-electron chi connectivity index (χ0n) is 13.3. The van der Waals surface area contributed by atoms with E-state index < -0.39 is 17.5 Å². The average molecular weight is 362 g/mol. The van der Waals surface area contributed by atoms with Crippen LogP contribution in [0.5, 0.6) is 0 Å². The van der Waals surface area contributed by atoms with E-state index in [0.717, 1.165) is 11.8 Å². The first kappa shape index (κ1) is 16.0. The molecule has 0 spiro atoms. The molecule has 0 radical (unpaired) electrons. The summed E-state index contributed by atoms with van der Waals surface area (Å²) in [4.78, 5) is 25.8. The number of aliphatic hydroxyl groups is 1. The van der Waals surface area contributed by atoms with Crippen molar-refractivity contribution in [1.82, 2.24) is 30.2 Å². The topological polar surface area (TPSA) is 134 Å². The van der Waals surface area contributed by atoms with E-state index in [2.05, 4.69) is 20.6 Å². The Balaban J connectivity index is 1.66. The summed E-state index contributed by atoms with van der Waals surface area (Å²) in [5, 5.41) is 35.4. The Bertz CT molecular complexity index is 933. The molecule has 2 N–H and O–H groups in total. The number of β-lactam (4-membered cyclic amide) rings is 1. The number of aromatic nitrogens is 5. The molecule has 1 saturated heterocycles. The molecule has 4 rings (SSSR count). The molecule has 2 aliphatic heterocycles. The molecule has 0 bridgehead atoms. The summed E-state index contributed by atoms with van der Waals surface area (Å²) in [7, 11) is 0. The predicted molar refractivity (Wildman–Crippen MR) is 84.1 cm³/mol. The van der Waals surface area contributed by atoms with Crippen molar-refractivity contribution in [3.05, 3.63) is 22.7 Å². The second-order valence-electron chi connectivity index (χ2n) is 6.49. The quantitative estimate of drug-likeness (QED) is 0.715. The van der Waals surface area contributed by atoms with E-state index in [9.17, 15) is 19.8 Å². The summed E-state index contributed by atoms with van der Waals surface area (Å²) in [6, 6.07) is 3.01. The van der Waals surface area contributed by atoms with Gasteiger partial charge in [-0.05, 0) is 36.4 Å². The molecule has 1 fully saturated rings. The maximum atomic E-state index is 12.4. The Morgan fingerprint density at radius 1 is 1.40 bits per heavy atom. The van der Waals surface area contributed by atoms with Gasteiger partial charge in [-0.2, -0.15) is 0 Å². The highest BCUT2D eigenvalue weighted by molar-refractivity contribution is 8.03. The first-order valence-electron chi connectivity index (χ1n) is 7.52. The lowest BCUT2D eigenvalue weighted by molar-refractivity contribution is -0.169. The van der Waals surface area contributed by atoms with Crippen molar-refractivity contribution in [2.45, 2.75) is 36.9 Å². The highest BCUT2D eigenvalue weighted by atomic mass is 32.2. The molecule has 2 aromatic heterocycles. The number of fused-ring (bicyclic) bond motifs is 2. The van der Waals surface area contributed by atoms with Crippen molar-refractivity contribution in [2.24, 2.45) is 5.92 Å². The van der Waals surface area contributed by atoms with Crippen LogP contribution in [0.15, 0.2) is 27.8 Å². The van der Waals surface area contributed by atoms with Crippen molar-refractivity contribution in [3.8, 4) is 0 Å². The van der Waals surface area contributed by atoms with E-state index in [-0.39, 0.29) is 17.6 Å². The van der Waals surface area contributed by atoms with Crippen LogP contribution in [0, 0.1) is 5.92 Å². The van der Waals surface area contributed by atoms with Gasteiger partial charge in [-0.25, -0.2) is 4.79 Å². The number of aliphatic carboxylic acids is 1. The molecular formula is C14H14N6O4S. The second-order valence-corrected chi connectivity index (χ2v) is 7.60. The first-order chi connectivity index (χ1) is 11.8. The molecule has 2 aromatic rings. The van der Waals surface area contributed by atoms with Gasteiger partial charge >= 0.3 is 5.97 Å². The number of thioether (sulfide) groups is 1. The Hall–Kier alpha value is -2.53. The lowest BCUT2D eigenvalue weighted by Crippen LogP contribution is -2.65. The molecule has 1 amide bonds. The number of hydrogen-bond acceptors (Lipinski definition) is 8.